The van der Waals surface area contributed by atoms with Crippen molar-refractivity contribution in [3.05, 3.63) is 11.4 Å². The third kappa shape index (κ3) is 1.95. The second-order valence-corrected chi connectivity index (χ2v) is 3.41. The van der Waals surface area contributed by atoms with Crippen molar-refractivity contribution in [3.63, 3.8) is 0 Å². The second-order valence-electron chi connectivity index (χ2n) is 3.41. The van der Waals surface area contributed by atoms with Gasteiger partial charge in [0.25, 0.3) is 0 Å². The molecule has 0 saturated heterocycles. The first-order chi connectivity index (χ1) is 6.78. The van der Waals surface area contributed by atoms with Crippen LogP contribution in [0.5, 0.6) is 0 Å². The molecule has 1 rings (SSSR count). The van der Waals surface area contributed by atoms with Gasteiger partial charge in [0, 0.05) is 0 Å². The first-order valence-electron chi connectivity index (χ1n) is 5.32. The van der Waals surface area contributed by atoms with Gasteiger partial charge in [-0.3, -0.25) is 0 Å². The molecule has 0 radical (unpaired) electrons. The molecule has 0 spiro atoms. The highest BCUT2D eigenvalue weighted by atomic mass is 16.3. The van der Waals surface area contributed by atoms with Crippen LogP contribution in [0.1, 0.15) is 51.0 Å². The van der Waals surface area contributed by atoms with Gasteiger partial charge >= 0.3 is 0 Å². The molecule has 80 valence electrons. The number of rotatable bonds is 5. The lowest BCUT2D eigenvalue weighted by atomic mass is 10.1. The normalized spacial score (nSPS) is 11.2. The molecule has 1 heterocycles. The Morgan fingerprint density at radius 3 is 2.36 bits per heavy atom. The van der Waals surface area contributed by atoms with Crippen LogP contribution in [0.2, 0.25) is 0 Å². The third-order valence-corrected chi connectivity index (χ3v) is 2.64. The average Bonchev–Trinajstić information content (AvgIpc) is 2.62. The molecule has 0 bridgehead atoms. The molecule has 1 N–H and O–H groups in total. The van der Waals surface area contributed by atoms with Crippen LogP contribution < -0.4 is 0 Å². The fourth-order valence-corrected chi connectivity index (χ4v) is 1.76. The van der Waals surface area contributed by atoms with Gasteiger partial charge in [-0.1, -0.05) is 26.0 Å². The summed E-state index contributed by atoms with van der Waals surface area (Å²) in [5.41, 5.74) is 1.79. The van der Waals surface area contributed by atoms with E-state index in [-0.39, 0.29) is 6.61 Å². The topological polar surface area (TPSA) is 50.9 Å². The van der Waals surface area contributed by atoms with Crippen molar-refractivity contribution in [3.8, 4) is 0 Å². The van der Waals surface area contributed by atoms with Gasteiger partial charge in [-0.25, -0.2) is 4.68 Å². The van der Waals surface area contributed by atoms with E-state index in [1.807, 2.05) is 4.68 Å². The molecule has 0 unspecified atom stereocenters. The molecule has 0 aliphatic carbocycles. The van der Waals surface area contributed by atoms with Gasteiger partial charge in [0.2, 0.25) is 0 Å². The van der Waals surface area contributed by atoms with Gasteiger partial charge in [-0.2, -0.15) is 0 Å². The molecule has 0 amide bonds. The molecule has 1 aromatic heterocycles. The van der Waals surface area contributed by atoms with E-state index in [0.29, 0.717) is 6.04 Å². The molecule has 0 aliphatic rings. The maximum absolute atomic E-state index is 9.07. The quantitative estimate of drug-likeness (QED) is 0.781. The molecule has 14 heavy (non-hydrogen) atoms. The Kier molecular flexibility index (Phi) is 4.07. The van der Waals surface area contributed by atoms with Crippen molar-refractivity contribution in [2.24, 2.45) is 0 Å². The molecular formula is C10H19N3O. The molecule has 0 fully saturated rings. The van der Waals surface area contributed by atoms with E-state index < -0.39 is 0 Å². The van der Waals surface area contributed by atoms with Crippen LogP contribution in [0.4, 0.5) is 0 Å². The summed E-state index contributed by atoms with van der Waals surface area (Å²) < 4.78 is 1.96. The molecule has 0 aromatic carbocycles. The van der Waals surface area contributed by atoms with Gasteiger partial charge in [0.1, 0.15) is 5.69 Å². The summed E-state index contributed by atoms with van der Waals surface area (Å²) >= 11 is 0. The summed E-state index contributed by atoms with van der Waals surface area (Å²) in [7, 11) is 0. The standard InChI is InChI=1S/C10H19N3O/c1-4-8(5-2)13-10(6-3)9(7-14)11-12-13/h8,14H,4-7H2,1-3H3. The SMILES string of the molecule is CCc1c(CO)nnn1C(CC)CC. The highest BCUT2D eigenvalue weighted by molar-refractivity contribution is 5.09. The van der Waals surface area contributed by atoms with Crippen LogP contribution in [0.3, 0.4) is 0 Å². The Hall–Kier alpha value is -0.900. The minimum Gasteiger partial charge on any atom is -0.390 e. The Morgan fingerprint density at radius 1 is 1.29 bits per heavy atom. The summed E-state index contributed by atoms with van der Waals surface area (Å²) in [5, 5.41) is 17.2. The fraction of sp³-hybridized carbons (Fsp3) is 0.800. The van der Waals surface area contributed by atoms with Crippen molar-refractivity contribution < 1.29 is 5.11 Å². The van der Waals surface area contributed by atoms with Crippen molar-refractivity contribution in [1.29, 1.82) is 0 Å². The zero-order chi connectivity index (χ0) is 10.6. The Balaban J connectivity index is 3.01. The summed E-state index contributed by atoms with van der Waals surface area (Å²) in [6.07, 6.45) is 2.98. The van der Waals surface area contributed by atoms with E-state index in [0.717, 1.165) is 30.7 Å². The van der Waals surface area contributed by atoms with Crippen LogP contribution in [-0.2, 0) is 13.0 Å². The summed E-state index contributed by atoms with van der Waals surface area (Å²) in [4.78, 5) is 0. The Labute approximate surface area is 84.9 Å². The lowest BCUT2D eigenvalue weighted by Gasteiger charge is -2.15. The van der Waals surface area contributed by atoms with Crippen LogP contribution >= 0.6 is 0 Å². The fourth-order valence-electron chi connectivity index (χ4n) is 1.76. The summed E-state index contributed by atoms with van der Waals surface area (Å²) in [6.45, 7) is 6.35. The number of nitrogens with zero attached hydrogens (tertiary/aromatic N) is 3. The van der Waals surface area contributed by atoms with E-state index >= 15 is 0 Å². The Bertz CT molecular complexity index is 279. The number of hydrogen-bond acceptors (Lipinski definition) is 3. The van der Waals surface area contributed by atoms with Crippen LogP contribution in [0.25, 0.3) is 0 Å². The van der Waals surface area contributed by atoms with Gasteiger partial charge in [-0.05, 0) is 19.3 Å². The summed E-state index contributed by atoms with van der Waals surface area (Å²) in [5.74, 6) is 0. The van der Waals surface area contributed by atoms with Crippen molar-refractivity contribution in [2.45, 2.75) is 52.7 Å². The molecular weight excluding hydrogens is 178 g/mol. The summed E-state index contributed by atoms with van der Waals surface area (Å²) in [6, 6.07) is 0.415. The molecule has 0 saturated carbocycles. The first-order valence-corrected chi connectivity index (χ1v) is 5.32. The maximum Gasteiger partial charge on any atom is 0.111 e. The minimum atomic E-state index is -0.0106. The van der Waals surface area contributed by atoms with E-state index in [1.165, 1.54) is 0 Å². The first kappa shape index (κ1) is 11.2. The smallest absolute Gasteiger partial charge is 0.111 e. The van der Waals surface area contributed by atoms with E-state index in [1.54, 1.807) is 0 Å². The van der Waals surface area contributed by atoms with Crippen LogP contribution in [0, 0.1) is 0 Å². The number of aliphatic hydroxyl groups excluding tert-OH is 1. The zero-order valence-electron chi connectivity index (χ0n) is 9.19. The zero-order valence-corrected chi connectivity index (χ0v) is 9.19. The molecule has 4 nitrogen and oxygen atoms in total. The van der Waals surface area contributed by atoms with Crippen LogP contribution in [0.15, 0.2) is 0 Å². The van der Waals surface area contributed by atoms with E-state index in [4.69, 9.17) is 5.11 Å². The number of aromatic nitrogens is 3. The monoisotopic (exact) mass is 197 g/mol. The van der Waals surface area contributed by atoms with Crippen molar-refractivity contribution >= 4 is 0 Å². The van der Waals surface area contributed by atoms with Gasteiger partial charge in [-0.15, -0.1) is 5.10 Å². The molecule has 0 aliphatic heterocycles. The van der Waals surface area contributed by atoms with E-state index in [9.17, 15) is 0 Å². The third-order valence-electron chi connectivity index (χ3n) is 2.64. The maximum atomic E-state index is 9.07. The van der Waals surface area contributed by atoms with Gasteiger partial charge in [0.15, 0.2) is 0 Å². The lowest BCUT2D eigenvalue weighted by molar-refractivity contribution is 0.275. The lowest BCUT2D eigenvalue weighted by Crippen LogP contribution is -2.12. The Morgan fingerprint density at radius 2 is 1.93 bits per heavy atom. The largest absolute Gasteiger partial charge is 0.390 e. The van der Waals surface area contributed by atoms with Crippen molar-refractivity contribution in [1.82, 2.24) is 15.0 Å². The molecule has 0 atom stereocenters. The number of aliphatic hydroxyl groups is 1. The highest BCUT2D eigenvalue weighted by Crippen LogP contribution is 2.18. The van der Waals surface area contributed by atoms with Crippen molar-refractivity contribution in [2.75, 3.05) is 0 Å². The van der Waals surface area contributed by atoms with Gasteiger partial charge < -0.3 is 5.11 Å². The molecule has 4 heteroatoms. The van der Waals surface area contributed by atoms with E-state index in [2.05, 4.69) is 31.1 Å². The molecule has 1 aromatic rings. The predicted molar refractivity (Wildman–Crippen MR) is 54.9 cm³/mol. The van der Waals surface area contributed by atoms with Gasteiger partial charge in [0.05, 0.1) is 18.3 Å². The van der Waals surface area contributed by atoms with Crippen LogP contribution in [-0.4, -0.2) is 20.1 Å². The number of hydrogen-bond donors (Lipinski definition) is 1. The minimum absolute atomic E-state index is 0.0106. The predicted octanol–water partition coefficient (Wildman–Crippen LogP) is 1.69. The second kappa shape index (κ2) is 5.10. The average molecular weight is 197 g/mol. The highest BCUT2D eigenvalue weighted by Gasteiger charge is 2.15.